The molecule has 2 aliphatic carbocycles. The number of nitrogens with zero attached hydrogens (tertiary/aromatic N) is 1. The average molecular weight is 750 g/mol. The molecule has 0 aromatic heterocycles. The lowest BCUT2D eigenvalue weighted by Gasteiger charge is -2.40. The quantitative estimate of drug-likeness (QED) is 0.161. The second-order valence-corrected chi connectivity index (χ2v) is 16.0. The van der Waals surface area contributed by atoms with Crippen LogP contribution in [0.15, 0.2) is 35.5 Å². The number of amides is 2. The number of oxime groups is 1. The number of ether oxygens (including phenoxy) is 1. The van der Waals surface area contributed by atoms with Crippen LogP contribution in [0.2, 0.25) is 0 Å². The van der Waals surface area contributed by atoms with E-state index in [-0.39, 0.29) is 30.7 Å². The topological polar surface area (TPSA) is 172 Å². The van der Waals surface area contributed by atoms with Gasteiger partial charge in [0.2, 0.25) is 11.5 Å². The third-order valence-electron chi connectivity index (χ3n) is 10.9. The summed E-state index contributed by atoms with van der Waals surface area (Å²) in [5.74, 6) is -3.56. The van der Waals surface area contributed by atoms with Crippen molar-refractivity contribution in [2.75, 3.05) is 13.2 Å². The van der Waals surface area contributed by atoms with E-state index in [2.05, 4.69) is 21.1 Å². The Morgan fingerprint density at radius 1 is 1.00 bits per heavy atom. The number of halogens is 2. The van der Waals surface area contributed by atoms with E-state index >= 15 is 0 Å². The van der Waals surface area contributed by atoms with E-state index in [9.17, 15) is 29.1 Å². The van der Waals surface area contributed by atoms with E-state index in [0.29, 0.717) is 30.4 Å². The van der Waals surface area contributed by atoms with Crippen LogP contribution >= 0.6 is 23.2 Å². The Bertz CT molecular complexity index is 1450. The molecule has 1 saturated heterocycles. The number of carboxylic acids is 1. The molecule has 4 N–H and O–H groups in total. The van der Waals surface area contributed by atoms with Gasteiger partial charge in [-0.15, -0.1) is 23.2 Å². The number of hydrogen-bond acceptors (Lipinski definition) is 9. The molecule has 0 bridgehead atoms. The Hall–Kier alpha value is -3.22. The third-order valence-corrected chi connectivity index (χ3v) is 11.8. The van der Waals surface area contributed by atoms with Gasteiger partial charge in [0, 0.05) is 23.6 Å². The molecule has 0 spiro atoms. The minimum atomic E-state index is -1.65. The molecular formula is C37H50Cl2N4O8. The molecule has 8 atom stereocenters. The lowest BCUT2D eigenvalue weighted by molar-refractivity contribution is -0.154. The second-order valence-electron chi connectivity index (χ2n) is 14.9. The van der Waals surface area contributed by atoms with Gasteiger partial charge in [0.1, 0.15) is 6.04 Å². The molecule has 5 rings (SSSR count). The van der Waals surface area contributed by atoms with Crippen LogP contribution in [0.25, 0.3) is 0 Å². The van der Waals surface area contributed by atoms with Crippen LogP contribution in [-0.4, -0.2) is 88.0 Å². The average Bonchev–Trinajstić information content (AvgIpc) is 3.53. The van der Waals surface area contributed by atoms with E-state index in [1.807, 2.05) is 44.2 Å². The van der Waals surface area contributed by atoms with Crippen molar-refractivity contribution in [1.82, 2.24) is 16.0 Å². The first kappa shape index (κ1) is 39.0. The number of rotatable bonds is 14. The summed E-state index contributed by atoms with van der Waals surface area (Å²) in [6, 6.07) is 6.71. The standard InChI is InChI=1S/C37H50Cl2N4O8/c1-21(2)33(42-34(47)28-15-23-11-6-7-12-24(23)19-40-28)29-18-37(51-43-29,17-22-9-4-3-5-10-22)36(49)41-27(16-31(45)46)30(44)20-50-35(48)32-25(38)13-8-14-26(32)39/h3-5,9-10,21,23-28,32-33,40H,6-8,11-20H2,1-2H3,(H,41,49)(H,42,47)(H,45,46)/t23?,24?,25?,26?,27-,28?,32?,33-,37?/m0/s1. The molecule has 2 saturated carbocycles. The zero-order valence-corrected chi connectivity index (χ0v) is 30.8. The van der Waals surface area contributed by atoms with Gasteiger partial charge in [-0.2, -0.15) is 0 Å². The fraction of sp³-hybridized carbons (Fsp3) is 0.676. The molecule has 6 unspecified atom stereocenters. The minimum absolute atomic E-state index is 0.0154. The normalized spacial score (nSPS) is 30.2. The highest BCUT2D eigenvalue weighted by Crippen LogP contribution is 2.36. The highest BCUT2D eigenvalue weighted by Gasteiger charge is 2.50. The zero-order valence-electron chi connectivity index (χ0n) is 29.3. The Labute approximate surface area is 309 Å². The maximum absolute atomic E-state index is 14.2. The minimum Gasteiger partial charge on any atom is -0.481 e. The number of hydrogen-bond donors (Lipinski definition) is 4. The summed E-state index contributed by atoms with van der Waals surface area (Å²) in [5.41, 5.74) is -0.443. The molecule has 2 aliphatic heterocycles. The summed E-state index contributed by atoms with van der Waals surface area (Å²) in [5, 5.41) is 22.1. The molecule has 1 aromatic rings. The van der Waals surface area contributed by atoms with Gasteiger partial charge in [-0.25, -0.2) is 0 Å². The molecule has 0 radical (unpaired) electrons. The number of fused-ring (bicyclic) bond motifs is 1. The van der Waals surface area contributed by atoms with E-state index in [4.69, 9.17) is 32.8 Å². The van der Waals surface area contributed by atoms with Crippen LogP contribution in [0.1, 0.15) is 83.6 Å². The largest absolute Gasteiger partial charge is 0.481 e. The van der Waals surface area contributed by atoms with E-state index in [1.54, 1.807) is 0 Å². The van der Waals surface area contributed by atoms with E-state index in [1.165, 1.54) is 19.3 Å². The Kier molecular flexibility index (Phi) is 13.4. The number of aliphatic carboxylic acids is 1. The molecule has 14 heteroatoms. The summed E-state index contributed by atoms with van der Waals surface area (Å²) >= 11 is 12.7. The van der Waals surface area contributed by atoms with Gasteiger partial charge in [-0.3, -0.25) is 24.0 Å². The number of carboxylic acid groups (broad SMARTS) is 1. The first-order valence-corrected chi connectivity index (χ1v) is 19.1. The van der Waals surface area contributed by atoms with Crippen molar-refractivity contribution >= 4 is 58.4 Å². The van der Waals surface area contributed by atoms with Gasteiger partial charge < -0.3 is 30.6 Å². The van der Waals surface area contributed by atoms with Crippen molar-refractivity contribution in [3.8, 4) is 0 Å². The molecule has 280 valence electrons. The van der Waals surface area contributed by atoms with E-state index < -0.39 is 71.0 Å². The van der Waals surface area contributed by atoms with Crippen LogP contribution in [0.3, 0.4) is 0 Å². The van der Waals surface area contributed by atoms with Crippen LogP contribution in [-0.2, 0) is 40.0 Å². The predicted molar refractivity (Wildman–Crippen MR) is 191 cm³/mol. The van der Waals surface area contributed by atoms with Crippen molar-refractivity contribution in [3.05, 3.63) is 35.9 Å². The summed E-state index contributed by atoms with van der Waals surface area (Å²) < 4.78 is 5.26. The molecular weight excluding hydrogens is 699 g/mol. The van der Waals surface area contributed by atoms with Gasteiger partial charge in [-0.1, -0.05) is 75.0 Å². The summed E-state index contributed by atoms with van der Waals surface area (Å²) in [4.78, 5) is 71.8. The van der Waals surface area contributed by atoms with Crippen molar-refractivity contribution in [1.29, 1.82) is 0 Å². The number of benzene rings is 1. The molecule has 3 fully saturated rings. The maximum Gasteiger partial charge on any atom is 0.312 e. The number of nitrogens with one attached hydrogen (secondary N) is 3. The highest BCUT2D eigenvalue weighted by atomic mass is 35.5. The lowest BCUT2D eigenvalue weighted by Crippen LogP contribution is -2.57. The van der Waals surface area contributed by atoms with Crippen molar-refractivity contribution < 1.29 is 38.7 Å². The number of piperidine rings is 1. The second kappa shape index (κ2) is 17.5. The van der Waals surface area contributed by atoms with Gasteiger partial charge in [0.15, 0.2) is 12.4 Å². The molecule has 2 heterocycles. The van der Waals surface area contributed by atoms with Crippen molar-refractivity contribution in [2.45, 2.75) is 119 Å². The van der Waals surface area contributed by atoms with Gasteiger partial charge in [0.05, 0.1) is 30.1 Å². The van der Waals surface area contributed by atoms with Gasteiger partial charge in [-0.05, 0) is 55.5 Å². The fourth-order valence-electron chi connectivity index (χ4n) is 7.96. The highest BCUT2D eigenvalue weighted by molar-refractivity contribution is 6.26. The van der Waals surface area contributed by atoms with Gasteiger partial charge in [0.25, 0.3) is 5.91 Å². The van der Waals surface area contributed by atoms with Crippen LogP contribution in [0.4, 0.5) is 0 Å². The number of Topliss-reactive ketones (excluding diaryl/α,β-unsaturated/α-hetero) is 1. The van der Waals surface area contributed by atoms with Crippen molar-refractivity contribution in [2.24, 2.45) is 28.8 Å². The number of esters is 1. The van der Waals surface area contributed by atoms with Crippen LogP contribution < -0.4 is 16.0 Å². The number of alkyl halides is 2. The summed E-state index contributed by atoms with van der Waals surface area (Å²) in [6.45, 7) is 3.94. The molecule has 12 nitrogen and oxygen atoms in total. The van der Waals surface area contributed by atoms with Crippen molar-refractivity contribution in [3.63, 3.8) is 0 Å². The Balaban J connectivity index is 1.29. The SMILES string of the molecule is CC(C)[C@H](NC(=O)C1CC2CCCCC2CN1)C1=NOC(Cc2ccccc2)(C(=O)N[C@@H](CC(=O)O)C(=O)COC(=O)C2C(Cl)CCCC2Cl)C1. The predicted octanol–water partition coefficient (Wildman–Crippen LogP) is 4.14. The summed E-state index contributed by atoms with van der Waals surface area (Å²) in [6.07, 6.45) is 6.72. The Morgan fingerprint density at radius 3 is 2.35 bits per heavy atom. The van der Waals surface area contributed by atoms with E-state index in [0.717, 1.165) is 31.4 Å². The fourth-order valence-corrected chi connectivity index (χ4v) is 8.90. The third kappa shape index (κ3) is 9.81. The molecule has 51 heavy (non-hydrogen) atoms. The summed E-state index contributed by atoms with van der Waals surface area (Å²) in [7, 11) is 0. The van der Waals surface area contributed by atoms with Crippen LogP contribution in [0, 0.1) is 23.7 Å². The number of ketones is 1. The zero-order chi connectivity index (χ0) is 36.7. The monoisotopic (exact) mass is 748 g/mol. The van der Waals surface area contributed by atoms with Gasteiger partial charge >= 0.3 is 11.9 Å². The molecule has 2 amide bonds. The maximum atomic E-state index is 14.2. The molecule has 1 aromatic carbocycles. The first-order valence-electron chi connectivity index (χ1n) is 18.2. The molecule has 4 aliphatic rings. The lowest BCUT2D eigenvalue weighted by atomic mass is 9.73. The number of carbonyl (C=O) groups is 5. The first-order chi connectivity index (χ1) is 24.4. The van der Waals surface area contributed by atoms with Crippen LogP contribution in [0.5, 0.6) is 0 Å². The number of carbonyl (C=O) groups excluding carboxylic acids is 4. The smallest absolute Gasteiger partial charge is 0.312 e. The Morgan fingerprint density at radius 2 is 1.69 bits per heavy atom.